The number of esters is 1. The summed E-state index contributed by atoms with van der Waals surface area (Å²) >= 11 is 0. The van der Waals surface area contributed by atoms with E-state index < -0.39 is 23.9 Å². The number of amides is 2. The fraction of sp³-hybridized carbons (Fsp3) is 0.120. The summed E-state index contributed by atoms with van der Waals surface area (Å²) in [5, 5.41) is 0. The number of anilines is 1. The molecule has 4 rings (SSSR count). The second-order valence-corrected chi connectivity index (χ2v) is 7.07. The molecular formula is C25H19NO5. The Bertz CT molecular complexity index is 1150. The fourth-order valence-electron chi connectivity index (χ4n) is 3.50. The van der Waals surface area contributed by atoms with E-state index >= 15 is 0 Å². The molecule has 1 heterocycles. The summed E-state index contributed by atoms with van der Waals surface area (Å²) in [5.41, 5.74) is 1.51. The molecule has 0 aliphatic carbocycles. The van der Waals surface area contributed by atoms with Crippen LogP contribution in [0.4, 0.5) is 5.69 Å². The van der Waals surface area contributed by atoms with Crippen molar-refractivity contribution in [1.82, 2.24) is 0 Å². The maximum Gasteiger partial charge on any atom is 0.338 e. The van der Waals surface area contributed by atoms with Crippen LogP contribution in [0, 0.1) is 0 Å². The largest absolute Gasteiger partial charge is 0.450 e. The summed E-state index contributed by atoms with van der Waals surface area (Å²) in [6.45, 7) is 1.76. The van der Waals surface area contributed by atoms with Gasteiger partial charge in [0.1, 0.15) is 0 Å². The molecule has 0 saturated heterocycles. The van der Waals surface area contributed by atoms with Crippen molar-refractivity contribution >= 4 is 29.3 Å². The highest BCUT2D eigenvalue weighted by atomic mass is 16.5. The van der Waals surface area contributed by atoms with Gasteiger partial charge in [-0.05, 0) is 36.8 Å². The molecule has 0 fully saturated rings. The second kappa shape index (κ2) is 8.36. The lowest BCUT2D eigenvalue weighted by Crippen LogP contribution is -2.30. The van der Waals surface area contributed by atoms with Crippen LogP contribution in [0.3, 0.4) is 0 Å². The molecule has 3 aromatic rings. The van der Waals surface area contributed by atoms with Crippen LogP contribution in [-0.2, 0) is 4.74 Å². The first-order valence-electron chi connectivity index (χ1n) is 9.89. The average molecular weight is 413 g/mol. The Morgan fingerprint density at radius 1 is 0.806 bits per heavy atom. The van der Waals surface area contributed by atoms with Crippen LogP contribution < -0.4 is 4.90 Å². The Morgan fingerprint density at radius 3 is 2.00 bits per heavy atom. The molecule has 0 unspecified atom stereocenters. The first-order valence-corrected chi connectivity index (χ1v) is 9.89. The van der Waals surface area contributed by atoms with Gasteiger partial charge in [0, 0.05) is 5.56 Å². The number of rotatable bonds is 6. The Labute approximate surface area is 179 Å². The van der Waals surface area contributed by atoms with E-state index in [9.17, 15) is 19.2 Å². The van der Waals surface area contributed by atoms with Crippen LogP contribution in [0.2, 0.25) is 0 Å². The van der Waals surface area contributed by atoms with E-state index in [0.29, 0.717) is 23.1 Å². The molecule has 2 amide bonds. The van der Waals surface area contributed by atoms with E-state index in [2.05, 4.69) is 0 Å². The number of benzene rings is 3. The summed E-state index contributed by atoms with van der Waals surface area (Å²) < 4.78 is 5.46. The van der Waals surface area contributed by atoms with Crippen molar-refractivity contribution < 1.29 is 23.9 Å². The van der Waals surface area contributed by atoms with Gasteiger partial charge in [0.2, 0.25) is 5.78 Å². The van der Waals surface area contributed by atoms with E-state index in [-0.39, 0.29) is 17.0 Å². The smallest absolute Gasteiger partial charge is 0.338 e. The third-order valence-electron chi connectivity index (χ3n) is 5.10. The molecule has 1 aliphatic heterocycles. The van der Waals surface area contributed by atoms with Gasteiger partial charge in [-0.1, -0.05) is 55.5 Å². The van der Waals surface area contributed by atoms with Crippen molar-refractivity contribution in [2.24, 2.45) is 0 Å². The number of ketones is 1. The molecule has 154 valence electrons. The molecule has 3 aromatic carbocycles. The van der Waals surface area contributed by atoms with E-state index in [0.717, 1.165) is 4.90 Å². The Morgan fingerprint density at radius 2 is 1.39 bits per heavy atom. The highest BCUT2D eigenvalue weighted by Crippen LogP contribution is 2.29. The molecule has 6 nitrogen and oxygen atoms in total. The van der Waals surface area contributed by atoms with Crippen molar-refractivity contribution in [3.8, 4) is 0 Å². The van der Waals surface area contributed by atoms with Crippen molar-refractivity contribution in [3.63, 3.8) is 0 Å². The lowest BCUT2D eigenvalue weighted by molar-refractivity contribution is 0.0277. The zero-order valence-corrected chi connectivity index (χ0v) is 16.8. The maximum absolute atomic E-state index is 12.7. The van der Waals surface area contributed by atoms with Gasteiger partial charge in [-0.3, -0.25) is 14.4 Å². The number of ether oxygens (including phenoxy) is 1. The minimum Gasteiger partial charge on any atom is -0.450 e. The van der Waals surface area contributed by atoms with E-state index in [4.69, 9.17) is 4.74 Å². The van der Waals surface area contributed by atoms with Crippen LogP contribution >= 0.6 is 0 Å². The molecule has 0 spiro atoms. The predicted octanol–water partition coefficient (Wildman–Crippen LogP) is 4.31. The number of carbonyl (C=O) groups is 4. The van der Waals surface area contributed by atoms with Gasteiger partial charge in [0.05, 0.1) is 22.4 Å². The van der Waals surface area contributed by atoms with Crippen molar-refractivity contribution in [3.05, 3.63) is 101 Å². The first kappa shape index (κ1) is 20.2. The summed E-state index contributed by atoms with van der Waals surface area (Å²) in [7, 11) is 0. The molecule has 0 bridgehead atoms. The van der Waals surface area contributed by atoms with Crippen LogP contribution in [0.1, 0.15) is 54.8 Å². The molecule has 0 radical (unpaired) electrons. The summed E-state index contributed by atoms with van der Waals surface area (Å²) in [6.07, 6.45) is -0.616. The summed E-state index contributed by atoms with van der Waals surface area (Å²) in [5.74, 6) is -1.88. The Kier molecular flexibility index (Phi) is 5.45. The molecule has 1 atom stereocenters. The van der Waals surface area contributed by atoms with E-state index in [1.165, 1.54) is 12.1 Å². The molecule has 1 aliphatic rings. The third kappa shape index (κ3) is 3.75. The van der Waals surface area contributed by atoms with Gasteiger partial charge in [0.15, 0.2) is 6.10 Å². The van der Waals surface area contributed by atoms with E-state index in [1.54, 1.807) is 73.7 Å². The summed E-state index contributed by atoms with van der Waals surface area (Å²) in [6, 6.07) is 21.3. The van der Waals surface area contributed by atoms with Crippen molar-refractivity contribution in [1.29, 1.82) is 0 Å². The van der Waals surface area contributed by atoms with Crippen LogP contribution in [-0.4, -0.2) is 29.7 Å². The summed E-state index contributed by atoms with van der Waals surface area (Å²) in [4.78, 5) is 51.8. The highest BCUT2D eigenvalue weighted by Gasteiger charge is 2.36. The second-order valence-electron chi connectivity index (χ2n) is 7.07. The lowest BCUT2D eigenvalue weighted by atomic mass is 10.0. The maximum atomic E-state index is 12.7. The zero-order valence-electron chi connectivity index (χ0n) is 16.8. The minimum atomic E-state index is -0.933. The topological polar surface area (TPSA) is 80.8 Å². The van der Waals surface area contributed by atoms with Crippen molar-refractivity contribution in [2.75, 3.05) is 4.90 Å². The number of nitrogens with zero attached hydrogens (tertiary/aromatic N) is 1. The quantitative estimate of drug-likeness (QED) is 0.342. The molecule has 0 N–H and O–H groups in total. The number of Topliss-reactive ketones (excluding diaryl/α,β-unsaturated/α-hetero) is 1. The average Bonchev–Trinajstić information content (AvgIpc) is 3.07. The number of carbonyl (C=O) groups excluding carboxylic acids is 4. The van der Waals surface area contributed by atoms with Crippen LogP contribution in [0.25, 0.3) is 0 Å². The van der Waals surface area contributed by atoms with Gasteiger partial charge in [-0.25, -0.2) is 9.69 Å². The SMILES string of the molecule is CC[C@@H](OC(=O)c1cccc(N2C(=O)c3ccccc3C2=O)c1)C(=O)c1ccccc1. The van der Waals surface area contributed by atoms with Gasteiger partial charge in [0.25, 0.3) is 11.8 Å². The Hall–Kier alpha value is -4.06. The van der Waals surface area contributed by atoms with Gasteiger partial charge < -0.3 is 4.74 Å². The van der Waals surface area contributed by atoms with Crippen LogP contribution in [0.15, 0.2) is 78.9 Å². The predicted molar refractivity (Wildman–Crippen MR) is 114 cm³/mol. The van der Waals surface area contributed by atoms with Crippen molar-refractivity contribution in [2.45, 2.75) is 19.4 Å². The first-order chi connectivity index (χ1) is 15.0. The highest BCUT2D eigenvalue weighted by molar-refractivity contribution is 6.34. The monoisotopic (exact) mass is 413 g/mol. The molecular weight excluding hydrogens is 394 g/mol. The van der Waals surface area contributed by atoms with Gasteiger partial charge in [-0.15, -0.1) is 0 Å². The fourth-order valence-corrected chi connectivity index (χ4v) is 3.50. The lowest BCUT2D eigenvalue weighted by Gasteiger charge is -2.17. The van der Waals surface area contributed by atoms with E-state index in [1.807, 2.05) is 0 Å². The number of hydrogen-bond acceptors (Lipinski definition) is 5. The normalized spacial score (nSPS) is 13.6. The zero-order chi connectivity index (χ0) is 22.0. The molecule has 31 heavy (non-hydrogen) atoms. The number of hydrogen-bond donors (Lipinski definition) is 0. The number of imide groups is 1. The standard InChI is InChI=1S/C25H19NO5/c1-2-21(22(27)16-9-4-3-5-10-16)31-25(30)17-11-8-12-18(15-17)26-23(28)19-13-6-7-14-20(19)24(26)29/h3-15,21H,2H2,1H3/t21-/m1/s1. The molecule has 0 saturated carbocycles. The Balaban J connectivity index is 1.56. The van der Waals surface area contributed by atoms with Gasteiger partial charge >= 0.3 is 5.97 Å². The van der Waals surface area contributed by atoms with Crippen LogP contribution in [0.5, 0.6) is 0 Å². The molecule has 0 aromatic heterocycles. The molecule has 6 heteroatoms. The minimum absolute atomic E-state index is 0.147. The third-order valence-corrected chi connectivity index (χ3v) is 5.10. The van der Waals surface area contributed by atoms with Gasteiger partial charge in [-0.2, -0.15) is 0 Å². The number of fused-ring (bicyclic) bond motifs is 1.